The third-order valence-electron chi connectivity index (χ3n) is 3.03. The number of benzene rings is 1. The molecule has 0 saturated carbocycles. The van der Waals surface area contributed by atoms with Gasteiger partial charge in [-0.3, -0.25) is 4.79 Å². The molecular formula is C17H16ClNO4. The van der Waals surface area contributed by atoms with Gasteiger partial charge in [0.2, 0.25) is 0 Å². The van der Waals surface area contributed by atoms with Gasteiger partial charge in [-0.05, 0) is 49.8 Å². The number of amides is 1. The van der Waals surface area contributed by atoms with Gasteiger partial charge in [-0.1, -0.05) is 17.7 Å². The standard InChI is InChI=1S/C17H16ClNO4/c1-11-6-7-13(23-11)8-9-17(21)22-10-16(20)19-15-5-3-4-14(18)12(15)2/h3-9H,10H2,1-2H3,(H,19,20)/b9-8+. The molecule has 1 aromatic heterocycles. The van der Waals surface area contributed by atoms with Crippen LogP contribution in [0.15, 0.2) is 40.8 Å². The summed E-state index contributed by atoms with van der Waals surface area (Å²) in [7, 11) is 0. The topological polar surface area (TPSA) is 68.5 Å². The van der Waals surface area contributed by atoms with Gasteiger partial charge in [-0.25, -0.2) is 4.79 Å². The Kier molecular flexibility index (Phi) is 5.60. The van der Waals surface area contributed by atoms with E-state index in [0.29, 0.717) is 16.5 Å². The molecule has 0 aliphatic carbocycles. The summed E-state index contributed by atoms with van der Waals surface area (Å²) < 4.78 is 10.1. The lowest BCUT2D eigenvalue weighted by Crippen LogP contribution is -2.20. The number of furan rings is 1. The first-order valence-electron chi connectivity index (χ1n) is 6.92. The van der Waals surface area contributed by atoms with Crippen molar-refractivity contribution in [2.24, 2.45) is 0 Å². The number of ether oxygens (including phenoxy) is 1. The fraction of sp³-hybridized carbons (Fsp3) is 0.176. The van der Waals surface area contributed by atoms with Crippen LogP contribution in [0.5, 0.6) is 0 Å². The number of nitrogens with one attached hydrogen (secondary N) is 1. The Hall–Kier alpha value is -2.53. The van der Waals surface area contributed by atoms with Gasteiger partial charge in [0.05, 0.1) is 0 Å². The van der Waals surface area contributed by atoms with Crippen LogP contribution < -0.4 is 5.32 Å². The van der Waals surface area contributed by atoms with Crippen LogP contribution in [0, 0.1) is 13.8 Å². The second-order valence-corrected chi connectivity index (χ2v) is 5.26. The molecule has 0 saturated heterocycles. The van der Waals surface area contributed by atoms with Crippen LogP contribution in [0.1, 0.15) is 17.1 Å². The normalized spacial score (nSPS) is 10.7. The summed E-state index contributed by atoms with van der Waals surface area (Å²) in [4.78, 5) is 23.3. The lowest BCUT2D eigenvalue weighted by Gasteiger charge is -2.09. The van der Waals surface area contributed by atoms with Gasteiger partial charge < -0.3 is 14.5 Å². The van der Waals surface area contributed by atoms with Crippen molar-refractivity contribution < 1.29 is 18.7 Å². The van der Waals surface area contributed by atoms with Crippen molar-refractivity contribution >= 4 is 35.2 Å². The van der Waals surface area contributed by atoms with E-state index in [0.717, 1.165) is 11.3 Å². The molecule has 120 valence electrons. The van der Waals surface area contributed by atoms with E-state index in [1.807, 2.05) is 0 Å². The Morgan fingerprint density at radius 1 is 1.26 bits per heavy atom. The zero-order valence-electron chi connectivity index (χ0n) is 12.8. The Bertz CT molecular complexity index is 749. The van der Waals surface area contributed by atoms with Gasteiger partial charge in [-0.15, -0.1) is 0 Å². The van der Waals surface area contributed by atoms with Crippen LogP contribution >= 0.6 is 11.6 Å². The molecule has 0 bridgehead atoms. The first-order valence-corrected chi connectivity index (χ1v) is 7.30. The van der Waals surface area contributed by atoms with Crippen molar-refractivity contribution in [3.63, 3.8) is 0 Å². The van der Waals surface area contributed by atoms with Crippen LogP contribution in [0.25, 0.3) is 6.08 Å². The fourth-order valence-electron chi connectivity index (χ4n) is 1.81. The molecule has 1 aromatic carbocycles. The van der Waals surface area contributed by atoms with Gasteiger partial charge in [0.15, 0.2) is 6.61 Å². The first kappa shape index (κ1) is 16.8. The molecular weight excluding hydrogens is 318 g/mol. The quantitative estimate of drug-likeness (QED) is 0.668. The van der Waals surface area contributed by atoms with Gasteiger partial charge >= 0.3 is 5.97 Å². The van der Waals surface area contributed by atoms with Crippen molar-refractivity contribution in [3.8, 4) is 0 Å². The molecule has 0 aliphatic rings. The largest absolute Gasteiger partial charge is 0.462 e. The van der Waals surface area contributed by atoms with E-state index in [1.54, 1.807) is 44.2 Å². The summed E-state index contributed by atoms with van der Waals surface area (Å²) in [5, 5.41) is 3.19. The highest BCUT2D eigenvalue weighted by Gasteiger charge is 2.08. The van der Waals surface area contributed by atoms with Gasteiger partial charge in [-0.2, -0.15) is 0 Å². The van der Waals surface area contributed by atoms with Crippen molar-refractivity contribution in [2.45, 2.75) is 13.8 Å². The van der Waals surface area contributed by atoms with E-state index in [2.05, 4.69) is 5.32 Å². The third kappa shape index (κ3) is 5.00. The van der Waals surface area contributed by atoms with E-state index < -0.39 is 11.9 Å². The maximum atomic E-state index is 11.8. The highest BCUT2D eigenvalue weighted by atomic mass is 35.5. The van der Waals surface area contributed by atoms with Crippen LogP contribution in [-0.4, -0.2) is 18.5 Å². The number of rotatable bonds is 5. The summed E-state index contributed by atoms with van der Waals surface area (Å²) in [6.07, 6.45) is 2.69. The Balaban J connectivity index is 1.83. The molecule has 0 spiro atoms. The molecule has 1 N–H and O–H groups in total. The van der Waals surface area contributed by atoms with Gasteiger partial charge in [0, 0.05) is 16.8 Å². The summed E-state index contributed by atoms with van der Waals surface area (Å²) >= 11 is 5.97. The maximum absolute atomic E-state index is 11.8. The number of carbonyl (C=O) groups is 2. The molecule has 0 atom stereocenters. The summed E-state index contributed by atoms with van der Waals surface area (Å²) in [6, 6.07) is 8.69. The van der Waals surface area contributed by atoms with Crippen molar-refractivity contribution in [2.75, 3.05) is 11.9 Å². The Labute approximate surface area is 138 Å². The predicted octanol–water partition coefficient (Wildman–Crippen LogP) is 3.74. The molecule has 1 heterocycles. The van der Waals surface area contributed by atoms with Crippen molar-refractivity contribution in [1.29, 1.82) is 0 Å². The highest BCUT2D eigenvalue weighted by Crippen LogP contribution is 2.22. The smallest absolute Gasteiger partial charge is 0.331 e. The molecule has 23 heavy (non-hydrogen) atoms. The fourth-order valence-corrected chi connectivity index (χ4v) is 1.98. The zero-order valence-corrected chi connectivity index (χ0v) is 13.5. The minimum absolute atomic E-state index is 0.383. The Morgan fingerprint density at radius 2 is 2.04 bits per heavy atom. The maximum Gasteiger partial charge on any atom is 0.331 e. The molecule has 2 rings (SSSR count). The summed E-state index contributed by atoms with van der Waals surface area (Å²) in [5.74, 6) is 0.218. The number of esters is 1. The van der Waals surface area contributed by atoms with Crippen molar-refractivity contribution in [1.82, 2.24) is 0 Å². The molecule has 1 amide bonds. The number of anilines is 1. The van der Waals surface area contributed by atoms with Crippen LogP contribution in [0.2, 0.25) is 5.02 Å². The van der Waals surface area contributed by atoms with Crippen LogP contribution in [0.4, 0.5) is 5.69 Å². The molecule has 2 aromatic rings. The van der Waals surface area contributed by atoms with E-state index in [-0.39, 0.29) is 6.61 Å². The number of aryl methyl sites for hydroxylation is 1. The monoisotopic (exact) mass is 333 g/mol. The summed E-state index contributed by atoms with van der Waals surface area (Å²) in [6.45, 7) is 3.21. The number of carbonyl (C=O) groups excluding carboxylic acids is 2. The number of hydrogen-bond donors (Lipinski definition) is 1. The van der Waals surface area contributed by atoms with E-state index >= 15 is 0 Å². The molecule has 0 fully saturated rings. The second kappa shape index (κ2) is 7.65. The molecule has 0 radical (unpaired) electrons. The Morgan fingerprint density at radius 3 is 2.74 bits per heavy atom. The van der Waals surface area contributed by atoms with E-state index in [1.165, 1.54) is 12.2 Å². The van der Waals surface area contributed by atoms with E-state index in [4.69, 9.17) is 20.8 Å². The molecule has 5 nitrogen and oxygen atoms in total. The second-order valence-electron chi connectivity index (χ2n) is 4.85. The number of hydrogen-bond acceptors (Lipinski definition) is 4. The van der Waals surface area contributed by atoms with Gasteiger partial charge in [0.1, 0.15) is 11.5 Å². The van der Waals surface area contributed by atoms with Gasteiger partial charge in [0.25, 0.3) is 5.91 Å². The van der Waals surface area contributed by atoms with Crippen molar-refractivity contribution in [3.05, 3.63) is 58.5 Å². The minimum Gasteiger partial charge on any atom is -0.462 e. The lowest BCUT2D eigenvalue weighted by atomic mass is 10.2. The SMILES string of the molecule is Cc1ccc(/C=C/C(=O)OCC(=O)Nc2cccc(Cl)c2C)o1. The summed E-state index contributed by atoms with van der Waals surface area (Å²) in [5.41, 5.74) is 1.34. The lowest BCUT2D eigenvalue weighted by molar-refractivity contribution is -0.142. The third-order valence-corrected chi connectivity index (χ3v) is 3.44. The highest BCUT2D eigenvalue weighted by molar-refractivity contribution is 6.31. The average molecular weight is 334 g/mol. The number of halogens is 1. The predicted molar refractivity (Wildman–Crippen MR) is 88.3 cm³/mol. The van der Waals surface area contributed by atoms with E-state index in [9.17, 15) is 9.59 Å². The molecule has 0 unspecified atom stereocenters. The minimum atomic E-state index is -0.628. The first-order chi connectivity index (χ1) is 11.0. The molecule has 6 heteroatoms. The average Bonchev–Trinajstić information content (AvgIpc) is 2.93. The van der Waals surface area contributed by atoms with Crippen LogP contribution in [-0.2, 0) is 14.3 Å². The van der Waals surface area contributed by atoms with Crippen LogP contribution in [0.3, 0.4) is 0 Å². The molecule has 0 aliphatic heterocycles. The zero-order chi connectivity index (χ0) is 16.8.